The van der Waals surface area contributed by atoms with Gasteiger partial charge in [-0.1, -0.05) is 25.1 Å². The van der Waals surface area contributed by atoms with Crippen molar-refractivity contribution in [2.45, 2.75) is 53.0 Å². The van der Waals surface area contributed by atoms with Crippen LogP contribution in [0.2, 0.25) is 0 Å². The molecular formula is C15H25N. The second kappa shape index (κ2) is 6.70. The Balaban J connectivity index is 2.48. The van der Waals surface area contributed by atoms with Crippen LogP contribution >= 0.6 is 0 Å². The van der Waals surface area contributed by atoms with E-state index in [0.717, 1.165) is 6.54 Å². The fourth-order valence-electron chi connectivity index (χ4n) is 2.10. The molecule has 1 heteroatoms. The highest BCUT2D eigenvalue weighted by Gasteiger charge is 2.05. The molecule has 1 aromatic carbocycles. The van der Waals surface area contributed by atoms with Crippen molar-refractivity contribution in [1.82, 2.24) is 5.32 Å². The van der Waals surface area contributed by atoms with Crippen molar-refractivity contribution in [1.29, 1.82) is 0 Å². The number of rotatable bonds is 6. The van der Waals surface area contributed by atoms with Gasteiger partial charge in [0.05, 0.1) is 0 Å². The van der Waals surface area contributed by atoms with Crippen molar-refractivity contribution in [2.75, 3.05) is 6.54 Å². The first-order valence-corrected chi connectivity index (χ1v) is 6.43. The van der Waals surface area contributed by atoms with Crippen molar-refractivity contribution >= 4 is 0 Å². The summed E-state index contributed by atoms with van der Waals surface area (Å²) in [4.78, 5) is 0. The van der Waals surface area contributed by atoms with Gasteiger partial charge in [-0.3, -0.25) is 0 Å². The highest BCUT2D eigenvalue weighted by atomic mass is 14.9. The average Bonchev–Trinajstić information content (AvgIpc) is 2.25. The van der Waals surface area contributed by atoms with Gasteiger partial charge in [0, 0.05) is 6.04 Å². The van der Waals surface area contributed by atoms with E-state index in [0.29, 0.717) is 6.04 Å². The van der Waals surface area contributed by atoms with Crippen molar-refractivity contribution < 1.29 is 0 Å². The Hall–Kier alpha value is -0.820. The first-order valence-electron chi connectivity index (χ1n) is 6.43. The maximum atomic E-state index is 3.54. The Labute approximate surface area is 100 Å². The first-order chi connectivity index (χ1) is 7.65. The zero-order chi connectivity index (χ0) is 12.0. The lowest BCUT2D eigenvalue weighted by atomic mass is 9.97. The summed E-state index contributed by atoms with van der Waals surface area (Å²) in [5.74, 6) is 0. The van der Waals surface area contributed by atoms with Crippen LogP contribution in [-0.4, -0.2) is 12.6 Å². The summed E-state index contributed by atoms with van der Waals surface area (Å²) in [6, 6.07) is 7.20. The van der Waals surface area contributed by atoms with E-state index in [1.54, 1.807) is 0 Å². The molecule has 0 aliphatic carbocycles. The van der Waals surface area contributed by atoms with Gasteiger partial charge in [-0.15, -0.1) is 0 Å². The molecular weight excluding hydrogens is 194 g/mol. The second-order valence-corrected chi connectivity index (χ2v) is 4.76. The number of aryl methyl sites for hydroxylation is 2. The van der Waals surface area contributed by atoms with Crippen LogP contribution in [0.15, 0.2) is 18.2 Å². The minimum atomic E-state index is 0.624. The molecule has 0 spiro atoms. The van der Waals surface area contributed by atoms with Crippen molar-refractivity contribution in [3.05, 3.63) is 34.9 Å². The summed E-state index contributed by atoms with van der Waals surface area (Å²) in [5.41, 5.74) is 4.40. The molecule has 1 unspecified atom stereocenters. The van der Waals surface area contributed by atoms with Crippen molar-refractivity contribution in [3.63, 3.8) is 0 Å². The van der Waals surface area contributed by atoms with Gasteiger partial charge >= 0.3 is 0 Å². The average molecular weight is 219 g/mol. The minimum Gasteiger partial charge on any atom is -0.314 e. The third-order valence-electron chi connectivity index (χ3n) is 3.21. The van der Waals surface area contributed by atoms with E-state index in [1.165, 1.54) is 36.0 Å². The maximum Gasteiger partial charge on any atom is 0.00418 e. The number of benzene rings is 1. The van der Waals surface area contributed by atoms with Gasteiger partial charge < -0.3 is 5.32 Å². The molecule has 0 aromatic heterocycles. The zero-order valence-corrected chi connectivity index (χ0v) is 11.1. The van der Waals surface area contributed by atoms with E-state index < -0.39 is 0 Å². The number of hydrogen-bond acceptors (Lipinski definition) is 1. The smallest absolute Gasteiger partial charge is 0.00418 e. The van der Waals surface area contributed by atoms with Crippen LogP contribution in [-0.2, 0) is 6.42 Å². The molecule has 0 radical (unpaired) electrons. The Kier molecular flexibility index (Phi) is 5.54. The molecule has 0 amide bonds. The minimum absolute atomic E-state index is 0.624. The van der Waals surface area contributed by atoms with E-state index in [9.17, 15) is 0 Å². The van der Waals surface area contributed by atoms with E-state index in [-0.39, 0.29) is 0 Å². The van der Waals surface area contributed by atoms with Crippen molar-refractivity contribution in [2.24, 2.45) is 0 Å². The molecule has 0 heterocycles. The molecule has 1 nitrogen and oxygen atoms in total. The first kappa shape index (κ1) is 13.2. The van der Waals surface area contributed by atoms with E-state index >= 15 is 0 Å². The van der Waals surface area contributed by atoms with Gasteiger partial charge in [-0.2, -0.15) is 0 Å². The van der Waals surface area contributed by atoms with Crippen molar-refractivity contribution in [3.8, 4) is 0 Å². The normalized spacial score (nSPS) is 12.8. The van der Waals surface area contributed by atoms with Gasteiger partial charge in [0.1, 0.15) is 0 Å². The molecule has 0 bridgehead atoms. The van der Waals surface area contributed by atoms with Gasteiger partial charge in [0.2, 0.25) is 0 Å². The van der Waals surface area contributed by atoms with Crippen LogP contribution in [0.5, 0.6) is 0 Å². The Morgan fingerprint density at radius 3 is 2.38 bits per heavy atom. The lowest BCUT2D eigenvalue weighted by Gasteiger charge is -2.15. The predicted molar refractivity (Wildman–Crippen MR) is 72.0 cm³/mol. The summed E-state index contributed by atoms with van der Waals surface area (Å²) in [7, 11) is 0. The Morgan fingerprint density at radius 1 is 1.19 bits per heavy atom. The number of hydrogen-bond donors (Lipinski definition) is 1. The van der Waals surface area contributed by atoms with Gasteiger partial charge in [-0.05, 0) is 63.3 Å². The summed E-state index contributed by atoms with van der Waals surface area (Å²) in [6.07, 6.45) is 3.63. The molecule has 0 aliphatic heterocycles. The summed E-state index contributed by atoms with van der Waals surface area (Å²) >= 11 is 0. The van der Waals surface area contributed by atoms with Crippen LogP contribution in [0.4, 0.5) is 0 Å². The summed E-state index contributed by atoms with van der Waals surface area (Å²) in [6.45, 7) is 10.1. The second-order valence-electron chi connectivity index (χ2n) is 4.76. The maximum absolute atomic E-state index is 3.54. The Morgan fingerprint density at radius 2 is 1.81 bits per heavy atom. The monoisotopic (exact) mass is 219 g/mol. The van der Waals surface area contributed by atoms with Gasteiger partial charge in [-0.25, -0.2) is 0 Å². The molecule has 0 aliphatic rings. The molecule has 1 N–H and O–H groups in total. The fraction of sp³-hybridized carbons (Fsp3) is 0.600. The van der Waals surface area contributed by atoms with E-state index in [4.69, 9.17) is 0 Å². The molecule has 1 rings (SSSR count). The molecule has 1 aromatic rings. The standard InChI is InChI=1S/C15H25N/c1-5-11-16-14(4)9-10-15-12(2)7-6-8-13(15)3/h6-8,14,16H,5,9-11H2,1-4H3. The van der Waals surface area contributed by atoms with Crippen LogP contribution < -0.4 is 5.32 Å². The largest absolute Gasteiger partial charge is 0.314 e. The third kappa shape index (κ3) is 3.97. The molecule has 90 valence electrons. The molecule has 0 saturated carbocycles. The van der Waals surface area contributed by atoms with Gasteiger partial charge in [0.15, 0.2) is 0 Å². The molecule has 0 fully saturated rings. The lowest BCUT2D eigenvalue weighted by molar-refractivity contribution is 0.513. The molecule has 1 atom stereocenters. The third-order valence-corrected chi connectivity index (χ3v) is 3.21. The number of nitrogens with one attached hydrogen (secondary N) is 1. The van der Waals surface area contributed by atoms with E-state index in [1.807, 2.05) is 0 Å². The van der Waals surface area contributed by atoms with E-state index in [2.05, 4.69) is 51.2 Å². The molecule has 0 saturated heterocycles. The fourth-order valence-corrected chi connectivity index (χ4v) is 2.10. The highest BCUT2D eigenvalue weighted by molar-refractivity contribution is 5.33. The summed E-state index contributed by atoms with van der Waals surface area (Å²) in [5, 5.41) is 3.54. The predicted octanol–water partition coefficient (Wildman–Crippen LogP) is 3.62. The van der Waals surface area contributed by atoms with Crippen LogP contribution in [0, 0.1) is 13.8 Å². The molecule has 16 heavy (non-hydrogen) atoms. The quantitative estimate of drug-likeness (QED) is 0.770. The van der Waals surface area contributed by atoms with Crippen LogP contribution in [0.1, 0.15) is 43.4 Å². The SMILES string of the molecule is CCCNC(C)CCc1c(C)cccc1C. The Bertz CT molecular complexity index is 297. The summed E-state index contributed by atoms with van der Waals surface area (Å²) < 4.78 is 0. The zero-order valence-electron chi connectivity index (χ0n) is 11.1. The topological polar surface area (TPSA) is 12.0 Å². The lowest BCUT2D eigenvalue weighted by Crippen LogP contribution is -2.27. The van der Waals surface area contributed by atoms with Crippen LogP contribution in [0.3, 0.4) is 0 Å². The van der Waals surface area contributed by atoms with Crippen LogP contribution in [0.25, 0.3) is 0 Å². The van der Waals surface area contributed by atoms with Gasteiger partial charge in [0.25, 0.3) is 0 Å². The highest BCUT2D eigenvalue weighted by Crippen LogP contribution is 2.15.